The average molecular weight is 439 g/mol. The largest absolute Gasteiger partial charge is 0.419 e. The van der Waals surface area contributed by atoms with Crippen LogP contribution in [0.2, 0.25) is 5.02 Å². The molecule has 0 unspecified atom stereocenters. The Balaban J connectivity index is 1.57. The number of fused-ring (bicyclic) bond motifs is 1. The van der Waals surface area contributed by atoms with Crippen LogP contribution >= 0.6 is 11.6 Å². The maximum atomic E-state index is 12.9. The molecule has 6 nitrogen and oxygen atoms in total. The van der Waals surface area contributed by atoms with Crippen molar-refractivity contribution in [2.75, 3.05) is 4.90 Å². The highest BCUT2D eigenvalue weighted by molar-refractivity contribution is 6.30. The monoisotopic (exact) mass is 438 g/mol. The van der Waals surface area contributed by atoms with Crippen LogP contribution in [0.4, 0.5) is 5.69 Å². The number of hydrogen-bond acceptors (Lipinski definition) is 5. The minimum atomic E-state index is -0.163. The third kappa shape index (κ3) is 4.59. The SMILES string of the molecule is CC[C@H](C)NC(=O)[C@@H]1C[C@@H](C)N(Cc2nnc(-c3ccc(Cl)cc3)o2)c2ccccc21. The quantitative estimate of drug-likeness (QED) is 0.573. The summed E-state index contributed by atoms with van der Waals surface area (Å²) in [7, 11) is 0. The molecular formula is C24H27ClN4O2. The lowest BCUT2D eigenvalue weighted by Crippen LogP contribution is -2.44. The van der Waals surface area contributed by atoms with Gasteiger partial charge >= 0.3 is 0 Å². The molecule has 0 aliphatic carbocycles. The molecule has 162 valence electrons. The zero-order valence-corrected chi connectivity index (χ0v) is 18.8. The van der Waals surface area contributed by atoms with Gasteiger partial charge in [0, 0.05) is 28.4 Å². The molecule has 3 aromatic rings. The number of hydrogen-bond donors (Lipinski definition) is 1. The average Bonchev–Trinajstić information content (AvgIpc) is 3.24. The molecule has 1 N–H and O–H groups in total. The van der Waals surface area contributed by atoms with E-state index in [-0.39, 0.29) is 23.9 Å². The van der Waals surface area contributed by atoms with Crippen molar-refractivity contribution >= 4 is 23.2 Å². The lowest BCUT2D eigenvalue weighted by atomic mass is 9.85. The molecule has 1 aromatic heterocycles. The first-order chi connectivity index (χ1) is 15.0. The summed E-state index contributed by atoms with van der Waals surface area (Å²) in [5, 5.41) is 12.3. The molecule has 31 heavy (non-hydrogen) atoms. The Hall–Kier alpha value is -2.86. The maximum absolute atomic E-state index is 12.9. The first-order valence-corrected chi connectivity index (χ1v) is 11.1. The van der Waals surface area contributed by atoms with Crippen LogP contribution in [-0.2, 0) is 11.3 Å². The summed E-state index contributed by atoms with van der Waals surface area (Å²) >= 11 is 5.97. The van der Waals surface area contributed by atoms with Gasteiger partial charge < -0.3 is 14.6 Å². The smallest absolute Gasteiger partial charge is 0.247 e. The number of benzene rings is 2. The van der Waals surface area contributed by atoms with E-state index in [1.165, 1.54) is 0 Å². The van der Waals surface area contributed by atoms with Crippen LogP contribution in [0.1, 0.15) is 51.0 Å². The van der Waals surface area contributed by atoms with E-state index in [1.807, 2.05) is 37.3 Å². The molecular weight excluding hydrogens is 412 g/mol. The number of nitrogens with one attached hydrogen (secondary N) is 1. The number of para-hydroxylation sites is 1. The summed E-state index contributed by atoms with van der Waals surface area (Å²) in [5.41, 5.74) is 2.91. The first-order valence-electron chi connectivity index (χ1n) is 10.7. The Morgan fingerprint density at radius 2 is 1.97 bits per heavy atom. The van der Waals surface area contributed by atoms with Gasteiger partial charge in [0.1, 0.15) is 0 Å². The van der Waals surface area contributed by atoms with E-state index in [9.17, 15) is 4.79 Å². The number of aromatic nitrogens is 2. The van der Waals surface area contributed by atoms with Crippen molar-refractivity contribution < 1.29 is 9.21 Å². The fourth-order valence-electron chi connectivity index (χ4n) is 3.98. The Kier molecular flexibility index (Phi) is 6.28. The molecule has 7 heteroatoms. The Labute approximate surface area is 187 Å². The molecule has 4 rings (SSSR count). The summed E-state index contributed by atoms with van der Waals surface area (Å²) < 4.78 is 5.93. The standard InChI is InChI=1S/C24H27ClN4O2/c1-4-15(2)26-23(30)20-13-16(3)29(21-8-6-5-7-19(20)21)14-22-27-28-24(31-22)17-9-11-18(25)12-10-17/h5-12,15-16,20H,4,13-14H2,1-3H3,(H,26,30)/t15-,16+,20+/m0/s1. The predicted molar refractivity (Wildman–Crippen MR) is 122 cm³/mol. The summed E-state index contributed by atoms with van der Waals surface area (Å²) in [4.78, 5) is 15.2. The van der Waals surface area contributed by atoms with Crippen molar-refractivity contribution in [2.24, 2.45) is 0 Å². The van der Waals surface area contributed by atoms with E-state index < -0.39 is 0 Å². The Bertz CT molecular complexity index is 1050. The molecule has 0 spiro atoms. The van der Waals surface area contributed by atoms with Crippen molar-refractivity contribution in [2.45, 2.75) is 58.2 Å². The zero-order valence-electron chi connectivity index (χ0n) is 18.0. The van der Waals surface area contributed by atoms with Gasteiger partial charge in [0.05, 0.1) is 12.5 Å². The molecule has 0 bridgehead atoms. The fourth-order valence-corrected chi connectivity index (χ4v) is 4.11. The van der Waals surface area contributed by atoms with Gasteiger partial charge in [-0.1, -0.05) is 36.7 Å². The molecule has 1 aliphatic heterocycles. The van der Waals surface area contributed by atoms with Crippen LogP contribution in [-0.4, -0.2) is 28.2 Å². The minimum absolute atomic E-state index is 0.0936. The van der Waals surface area contributed by atoms with E-state index in [0.717, 1.165) is 29.7 Å². The van der Waals surface area contributed by atoms with Crippen LogP contribution in [0.25, 0.3) is 11.5 Å². The minimum Gasteiger partial charge on any atom is -0.419 e. The number of halogens is 1. The molecule has 2 heterocycles. The number of anilines is 1. The van der Waals surface area contributed by atoms with Crippen molar-refractivity contribution in [3.63, 3.8) is 0 Å². The van der Waals surface area contributed by atoms with Gasteiger partial charge in [0.15, 0.2) is 0 Å². The van der Waals surface area contributed by atoms with E-state index in [1.54, 1.807) is 12.1 Å². The molecule has 2 aromatic carbocycles. The molecule has 1 amide bonds. The Morgan fingerprint density at radius 3 is 2.71 bits per heavy atom. The van der Waals surface area contributed by atoms with E-state index >= 15 is 0 Å². The van der Waals surface area contributed by atoms with E-state index in [4.69, 9.17) is 16.0 Å². The highest BCUT2D eigenvalue weighted by Crippen LogP contribution is 2.39. The highest BCUT2D eigenvalue weighted by atomic mass is 35.5. The number of rotatable bonds is 6. The molecule has 0 saturated heterocycles. The van der Waals surface area contributed by atoms with Crippen LogP contribution < -0.4 is 10.2 Å². The summed E-state index contributed by atoms with van der Waals surface area (Å²) in [5.74, 6) is 0.935. The van der Waals surface area contributed by atoms with Crippen molar-refractivity contribution in [1.82, 2.24) is 15.5 Å². The second kappa shape index (κ2) is 9.10. The van der Waals surface area contributed by atoms with Crippen molar-refractivity contribution in [1.29, 1.82) is 0 Å². The van der Waals surface area contributed by atoms with Crippen molar-refractivity contribution in [3.05, 3.63) is 65.0 Å². The lowest BCUT2D eigenvalue weighted by molar-refractivity contribution is -0.123. The third-order valence-electron chi connectivity index (χ3n) is 5.91. The van der Waals surface area contributed by atoms with E-state index in [2.05, 4.69) is 40.3 Å². The van der Waals surface area contributed by atoms with Gasteiger partial charge in [0.25, 0.3) is 0 Å². The van der Waals surface area contributed by atoms with Crippen LogP contribution in [0.5, 0.6) is 0 Å². The normalized spacial score (nSPS) is 19.0. The first kappa shape index (κ1) is 21.4. The number of carbonyl (C=O) groups excluding carboxylic acids is 1. The zero-order chi connectivity index (χ0) is 22.0. The number of amides is 1. The summed E-state index contributed by atoms with van der Waals surface area (Å²) in [6.45, 7) is 6.73. The molecule has 0 fully saturated rings. The Morgan fingerprint density at radius 1 is 1.23 bits per heavy atom. The summed E-state index contributed by atoms with van der Waals surface area (Å²) in [6, 6.07) is 15.7. The van der Waals surface area contributed by atoms with Gasteiger partial charge in [-0.2, -0.15) is 0 Å². The predicted octanol–water partition coefficient (Wildman–Crippen LogP) is 5.19. The summed E-state index contributed by atoms with van der Waals surface area (Å²) in [6.07, 6.45) is 1.65. The molecule has 0 saturated carbocycles. The second-order valence-electron chi connectivity index (χ2n) is 8.15. The van der Waals surface area contributed by atoms with Gasteiger partial charge in [-0.3, -0.25) is 4.79 Å². The van der Waals surface area contributed by atoms with E-state index in [0.29, 0.717) is 23.3 Å². The topological polar surface area (TPSA) is 71.3 Å². The third-order valence-corrected chi connectivity index (χ3v) is 6.16. The lowest BCUT2D eigenvalue weighted by Gasteiger charge is -2.39. The van der Waals surface area contributed by atoms with Crippen LogP contribution in [0.3, 0.4) is 0 Å². The maximum Gasteiger partial charge on any atom is 0.247 e. The van der Waals surface area contributed by atoms with Gasteiger partial charge in [-0.15, -0.1) is 10.2 Å². The fraction of sp³-hybridized carbons (Fsp3) is 0.375. The van der Waals surface area contributed by atoms with Crippen molar-refractivity contribution in [3.8, 4) is 11.5 Å². The molecule has 0 radical (unpaired) electrons. The molecule has 3 atom stereocenters. The number of nitrogens with zero attached hydrogens (tertiary/aromatic N) is 3. The highest BCUT2D eigenvalue weighted by Gasteiger charge is 2.35. The van der Waals surface area contributed by atoms with Gasteiger partial charge in [-0.05, 0) is 62.6 Å². The van der Waals surface area contributed by atoms with Crippen LogP contribution in [0.15, 0.2) is 52.9 Å². The van der Waals surface area contributed by atoms with Gasteiger partial charge in [0.2, 0.25) is 17.7 Å². The second-order valence-corrected chi connectivity index (χ2v) is 8.59. The molecule has 1 aliphatic rings. The van der Waals surface area contributed by atoms with Crippen LogP contribution in [0, 0.1) is 0 Å². The number of carbonyl (C=O) groups is 1. The van der Waals surface area contributed by atoms with Gasteiger partial charge in [-0.25, -0.2) is 0 Å².